The van der Waals surface area contributed by atoms with Crippen molar-refractivity contribution in [1.29, 1.82) is 0 Å². The Bertz CT molecular complexity index is 608. The molecule has 0 aliphatic rings. The summed E-state index contributed by atoms with van der Waals surface area (Å²) in [7, 11) is 0. The third kappa shape index (κ3) is 3.01. The van der Waals surface area contributed by atoms with Crippen molar-refractivity contribution in [2.24, 2.45) is 5.92 Å². The zero-order chi connectivity index (χ0) is 14.0. The second kappa shape index (κ2) is 5.52. The summed E-state index contributed by atoms with van der Waals surface area (Å²) in [6, 6.07) is 1.76. The zero-order valence-corrected chi connectivity index (χ0v) is 12.1. The largest absolute Gasteiger partial charge is 0.477 e. The van der Waals surface area contributed by atoms with Gasteiger partial charge in [-0.15, -0.1) is 0 Å². The molecule has 19 heavy (non-hydrogen) atoms. The van der Waals surface area contributed by atoms with E-state index in [1.807, 2.05) is 13.8 Å². The van der Waals surface area contributed by atoms with Crippen LogP contribution in [0, 0.1) is 5.92 Å². The Kier molecular flexibility index (Phi) is 3.99. The maximum Gasteiger partial charge on any atom is 0.341 e. The van der Waals surface area contributed by atoms with Gasteiger partial charge in [0.15, 0.2) is 5.76 Å². The predicted molar refractivity (Wildman–Crippen MR) is 72.9 cm³/mol. The molecule has 0 aliphatic carbocycles. The predicted octanol–water partition coefficient (Wildman–Crippen LogP) is 3.40. The van der Waals surface area contributed by atoms with E-state index in [0.29, 0.717) is 29.4 Å². The SMILES string of the molecule is CC(C)Cc1onc(-c2cncc(Br)c2)c1C(=O)O. The summed E-state index contributed by atoms with van der Waals surface area (Å²) < 4.78 is 5.95. The minimum Gasteiger partial charge on any atom is -0.477 e. The van der Waals surface area contributed by atoms with E-state index in [1.54, 1.807) is 18.5 Å². The highest BCUT2D eigenvalue weighted by Crippen LogP contribution is 2.28. The van der Waals surface area contributed by atoms with Crippen LogP contribution in [-0.4, -0.2) is 21.2 Å². The Morgan fingerprint density at radius 2 is 2.21 bits per heavy atom. The molecule has 0 aromatic carbocycles. The first-order valence-corrected chi connectivity index (χ1v) is 6.61. The van der Waals surface area contributed by atoms with Crippen LogP contribution < -0.4 is 0 Å². The fourth-order valence-electron chi connectivity index (χ4n) is 1.79. The lowest BCUT2D eigenvalue weighted by atomic mass is 10.0. The van der Waals surface area contributed by atoms with Gasteiger partial charge in [0.25, 0.3) is 0 Å². The molecule has 0 saturated carbocycles. The maximum atomic E-state index is 11.4. The normalized spacial score (nSPS) is 10.9. The Hall–Kier alpha value is -1.69. The van der Waals surface area contributed by atoms with Gasteiger partial charge in [0.05, 0.1) is 0 Å². The van der Waals surface area contributed by atoms with Gasteiger partial charge in [0.2, 0.25) is 0 Å². The summed E-state index contributed by atoms with van der Waals surface area (Å²) >= 11 is 3.30. The molecule has 100 valence electrons. The van der Waals surface area contributed by atoms with Crippen LogP contribution in [0.15, 0.2) is 27.5 Å². The Morgan fingerprint density at radius 1 is 1.47 bits per heavy atom. The molecular formula is C13H13BrN2O3. The van der Waals surface area contributed by atoms with Crippen LogP contribution in [0.2, 0.25) is 0 Å². The van der Waals surface area contributed by atoms with Crippen molar-refractivity contribution in [3.05, 3.63) is 34.3 Å². The molecule has 6 heteroatoms. The van der Waals surface area contributed by atoms with Crippen molar-refractivity contribution in [2.45, 2.75) is 20.3 Å². The lowest BCUT2D eigenvalue weighted by molar-refractivity contribution is 0.0695. The Morgan fingerprint density at radius 3 is 2.79 bits per heavy atom. The standard InChI is InChI=1S/C13H13BrN2O3/c1-7(2)3-10-11(13(17)18)12(16-19-10)8-4-9(14)6-15-5-8/h4-7H,3H2,1-2H3,(H,17,18). The number of aromatic carboxylic acids is 1. The van der Waals surface area contributed by atoms with Crippen LogP contribution >= 0.6 is 15.9 Å². The van der Waals surface area contributed by atoms with Crippen molar-refractivity contribution < 1.29 is 14.4 Å². The number of hydrogen-bond donors (Lipinski definition) is 1. The summed E-state index contributed by atoms with van der Waals surface area (Å²) in [5.74, 6) is -0.344. The van der Waals surface area contributed by atoms with Gasteiger partial charge in [-0.2, -0.15) is 0 Å². The number of aromatic nitrogens is 2. The van der Waals surface area contributed by atoms with Crippen molar-refractivity contribution in [3.63, 3.8) is 0 Å². The van der Waals surface area contributed by atoms with Gasteiger partial charge in [0.1, 0.15) is 11.3 Å². The van der Waals surface area contributed by atoms with E-state index in [1.165, 1.54) is 0 Å². The number of carbonyl (C=O) groups is 1. The first kappa shape index (κ1) is 13.7. The molecule has 2 aromatic heterocycles. The second-order valence-corrected chi connectivity index (χ2v) is 5.54. The highest BCUT2D eigenvalue weighted by molar-refractivity contribution is 9.10. The molecule has 0 unspecified atom stereocenters. The number of halogens is 1. The Balaban J connectivity index is 2.52. The molecule has 0 amide bonds. The summed E-state index contributed by atoms with van der Waals surface area (Å²) in [5.41, 5.74) is 1.05. The smallest absolute Gasteiger partial charge is 0.341 e. The van der Waals surface area contributed by atoms with E-state index in [0.717, 1.165) is 4.47 Å². The lowest BCUT2D eigenvalue weighted by Gasteiger charge is -2.02. The first-order chi connectivity index (χ1) is 8.99. The molecule has 2 aromatic rings. The van der Waals surface area contributed by atoms with Gasteiger partial charge in [-0.05, 0) is 27.9 Å². The molecule has 2 heterocycles. The van der Waals surface area contributed by atoms with Gasteiger partial charge in [-0.3, -0.25) is 4.98 Å². The summed E-state index contributed by atoms with van der Waals surface area (Å²) in [4.78, 5) is 15.4. The average Bonchev–Trinajstić information content (AvgIpc) is 2.71. The molecule has 2 rings (SSSR count). The molecule has 0 radical (unpaired) electrons. The molecule has 0 fully saturated rings. The summed E-state index contributed by atoms with van der Waals surface area (Å²) in [5, 5.41) is 13.2. The molecular weight excluding hydrogens is 312 g/mol. The van der Waals surface area contributed by atoms with Crippen molar-refractivity contribution >= 4 is 21.9 Å². The van der Waals surface area contributed by atoms with E-state index in [-0.39, 0.29) is 5.56 Å². The van der Waals surface area contributed by atoms with E-state index in [2.05, 4.69) is 26.1 Å². The first-order valence-electron chi connectivity index (χ1n) is 5.81. The summed E-state index contributed by atoms with van der Waals surface area (Å²) in [6.07, 6.45) is 3.73. The van der Waals surface area contributed by atoms with Crippen molar-refractivity contribution in [1.82, 2.24) is 10.1 Å². The third-order valence-corrected chi connectivity index (χ3v) is 2.98. The van der Waals surface area contributed by atoms with Gasteiger partial charge in [0, 0.05) is 28.9 Å². The third-order valence-electron chi connectivity index (χ3n) is 2.55. The van der Waals surface area contributed by atoms with Gasteiger partial charge < -0.3 is 9.63 Å². The van der Waals surface area contributed by atoms with E-state index in [4.69, 9.17) is 4.52 Å². The van der Waals surface area contributed by atoms with Crippen LogP contribution in [0.25, 0.3) is 11.3 Å². The van der Waals surface area contributed by atoms with E-state index < -0.39 is 5.97 Å². The van der Waals surface area contributed by atoms with Crippen LogP contribution in [0.1, 0.15) is 30.0 Å². The van der Waals surface area contributed by atoms with E-state index >= 15 is 0 Å². The highest BCUT2D eigenvalue weighted by atomic mass is 79.9. The lowest BCUT2D eigenvalue weighted by Crippen LogP contribution is -2.04. The highest BCUT2D eigenvalue weighted by Gasteiger charge is 2.24. The molecule has 0 saturated heterocycles. The fraction of sp³-hybridized carbons (Fsp3) is 0.308. The van der Waals surface area contributed by atoms with Gasteiger partial charge in [-0.1, -0.05) is 19.0 Å². The number of nitrogens with zero attached hydrogens (tertiary/aromatic N) is 2. The molecule has 0 bridgehead atoms. The number of carboxylic acids is 1. The van der Waals surface area contributed by atoms with Crippen LogP contribution in [0.4, 0.5) is 0 Å². The molecule has 1 N–H and O–H groups in total. The van der Waals surface area contributed by atoms with Gasteiger partial charge in [-0.25, -0.2) is 4.79 Å². The monoisotopic (exact) mass is 324 g/mol. The van der Waals surface area contributed by atoms with Crippen LogP contribution in [0.3, 0.4) is 0 Å². The second-order valence-electron chi connectivity index (χ2n) is 4.62. The zero-order valence-electron chi connectivity index (χ0n) is 10.6. The van der Waals surface area contributed by atoms with Crippen LogP contribution in [0.5, 0.6) is 0 Å². The number of hydrogen-bond acceptors (Lipinski definition) is 4. The minimum atomic E-state index is -1.04. The molecule has 5 nitrogen and oxygen atoms in total. The molecule has 0 atom stereocenters. The fourth-order valence-corrected chi connectivity index (χ4v) is 2.16. The van der Waals surface area contributed by atoms with Gasteiger partial charge >= 0.3 is 5.97 Å². The quantitative estimate of drug-likeness (QED) is 0.932. The topological polar surface area (TPSA) is 76.2 Å². The minimum absolute atomic E-state index is 0.119. The van der Waals surface area contributed by atoms with Crippen molar-refractivity contribution in [3.8, 4) is 11.3 Å². The summed E-state index contributed by atoms with van der Waals surface area (Å²) in [6.45, 7) is 3.99. The number of carboxylic acid groups (broad SMARTS) is 1. The number of rotatable bonds is 4. The maximum absolute atomic E-state index is 11.4. The molecule has 0 spiro atoms. The average molecular weight is 325 g/mol. The van der Waals surface area contributed by atoms with Crippen LogP contribution in [-0.2, 0) is 6.42 Å². The Labute approximate surface area is 118 Å². The van der Waals surface area contributed by atoms with E-state index in [9.17, 15) is 9.90 Å². The number of pyridine rings is 1. The molecule has 0 aliphatic heterocycles. The van der Waals surface area contributed by atoms with Crippen molar-refractivity contribution in [2.75, 3.05) is 0 Å².